The van der Waals surface area contributed by atoms with Crippen molar-refractivity contribution < 1.29 is 22.1 Å². The Morgan fingerprint density at radius 3 is 2.41 bits per heavy atom. The zero-order valence-corrected chi connectivity index (χ0v) is 19.8. The maximum atomic E-state index is 13.3. The predicted molar refractivity (Wildman–Crippen MR) is 119 cm³/mol. The van der Waals surface area contributed by atoms with Gasteiger partial charge in [-0.15, -0.1) is 0 Å². The topological polar surface area (TPSA) is 83.7 Å². The minimum absolute atomic E-state index is 0.0415. The lowest BCUT2D eigenvalue weighted by Gasteiger charge is -2.33. The van der Waals surface area contributed by atoms with Crippen molar-refractivity contribution in [2.24, 2.45) is 5.92 Å². The summed E-state index contributed by atoms with van der Waals surface area (Å²) in [6, 6.07) is 6.21. The van der Waals surface area contributed by atoms with Crippen LogP contribution in [0.4, 0.5) is 4.39 Å². The maximum Gasteiger partial charge on any atom is 0.248 e. The third-order valence-electron chi connectivity index (χ3n) is 6.00. The lowest BCUT2D eigenvalue weighted by molar-refractivity contribution is -0.137. The van der Waals surface area contributed by atoms with Crippen LogP contribution < -0.4 is 0 Å². The Bertz CT molecular complexity index is 993. The number of carbonyl (C=O) groups is 1. The molecule has 0 bridgehead atoms. The Kier molecular flexibility index (Phi) is 8.05. The highest BCUT2D eigenvalue weighted by atomic mass is 32.2. The lowest BCUT2D eigenvalue weighted by atomic mass is 9.96. The largest absolute Gasteiger partial charge is 0.360 e. The summed E-state index contributed by atoms with van der Waals surface area (Å²) < 4.78 is 45.8. The van der Waals surface area contributed by atoms with Gasteiger partial charge in [-0.25, -0.2) is 12.8 Å². The van der Waals surface area contributed by atoms with Crippen LogP contribution in [0, 0.1) is 25.6 Å². The van der Waals surface area contributed by atoms with E-state index in [9.17, 15) is 17.6 Å². The number of piperidine rings is 1. The summed E-state index contributed by atoms with van der Waals surface area (Å²) in [5.41, 5.74) is 1.23. The molecule has 0 saturated carbocycles. The van der Waals surface area contributed by atoms with E-state index in [2.05, 4.69) is 12.1 Å². The van der Waals surface area contributed by atoms with E-state index in [1.54, 1.807) is 26.0 Å². The van der Waals surface area contributed by atoms with Gasteiger partial charge in [0.15, 0.2) is 5.76 Å². The summed E-state index contributed by atoms with van der Waals surface area (Å²) in [7, 11) is -3.70. The van der Waals surface area contributed by atoms with Crippen LogP contribution >= 0.6 is 0 Å². The first-order chi connectivity index (χ1) is 15.2. The number of hydrogen-bond donors (Lipinski definition) is 0. The van der Waals surface area contributed by atoms with Gasteiger partial charge in [0, 0.05) is 32.1 Å². The fourth-order valence-electron chi connectivity index (χ4n) is 4.20. The van der Waals surface area contributed by atoms with Crippen LogP contribution in [0.5, 0.6) is 0 Å². The van der Waals surface area contributed by atoms with Crippen LogP contribution in [-0.4, -0.2) is 48.3 Å². The zero-order chi connectivity index (χ0) is 23.3. The van der Waals surface area contributed by atoms with Gasteiger partial charge in [0.1, 0.15) is 16.4 Å². The molecule has 0 N–H and O–H groups in total. The first kappa shape index (κ1) is 24.4. The average molecular weight is 466 g/mol. The molecule has 7 nitrogen and oxygen atoms in total. The van der Waals surface area contributed by atoms with Gasteiger partial charge in [-0.05, 0) is 50.8 Å². The zero-order valence-electron chi connectivity index (χ0n) is 19.0. The van der Waals surface area contributed by atoms with E-state index in [1.807, 2.05) is 4.90 Å². The summed E-state index contributed by atoms with van der Waals surface area (Å²) in [6.45, 7) is 6.95. The molecule has 1 saturated heterocycles. The highest BCUT2D eigenvalue weighted by molar-refractivity contribution is 7.89. The third kappa shape index (κ3) is 5.56. The third-order valence-corrected chi connectivity index (χ3v) is 8.14. The summed E-state index contributed by atoms with van der Waals surface area (Å²) in [6.07, 6.45) is 3.92. The fourth-order valence-corrected chi connectivity index (χ4v) is 5.96. The SMILES string of the molecule is CCCCCN(Cc1ccc(F)cc1)C(=O)C1CCN(S(=O)(=O)c2c(C)noc2C)CC1. The van der Waals surface area contributed by atoms with E-state index in [1.165, 1.54) is 16.4 Å². The fraction of sp³-hybridized carbons (Fsp3) is 0.565. The van der Waals surface area contributed by atoms with Crippen LogP contribution in [0.25, 0.3) is 0 Å². The molecule has 9 heteroatoms. The second-order valence-electron chi connectivity index (χ2n) is 8.43. The van der Waals surface area contributed by atoms with Gasteiger partial charge in [0.25, 0.3) is 0 Å². The summed E-state index contributed by atoms with van der Waals surface area (Å²) >= 11 is 0. The Labute approximate surface area is 189 Å². The van der Waals surface area contributed by atoms with E-state index in [0.717, 1.165) is 24.8 Å². The van der Waals surface area contributed by atoms with Gasteiger partial charge in [-0.3, -0.25) is 4.79 Å². The molecule has 0 radical (unpaired) electrons. The minimum atomic E-state index is -3.70. The number of amides is 1. The Hall–Kier alpha value is -2.26. The van der Waals surface area contributed by atoms with Crippen LogP contribution in [0.3, 0.4) is 0 Å². The van der Waals surface area contributed by atoms with Crippen molar-refractivity contribution in [3.05, 3.63) is 47.1 Å². The van der Waals surface area contributed by atoms with E-state index in [-0.39, 0.29) is 41.4 Å². The summed E-state index contributed by atoms with van der Waals surface area (Å²) in [5.74, 6) is -0.209. The van der Waals surface area contributed by atoms with E-state index in [0.29, 0.717) is 31.6 Å². The molecule has 1 fully saturated rings. The lowest BCUT2D eigenvalue weighted by Crippen LogP contribution is -2.44. The number of sulfonamides is 1. The molecule has 1 amide bonds. The first-order valence-corrected chi connectivity index (χ1v) is 12.6. The van der Waals surface area contributed by atoms with Crippen molar-refractivity contribution in [3.8, 4) is 0 Å². The van der Waals surface area contributed by atoms with E-state index >= 15 is 0 Å². The number of aryl methyl sites for hydroxylation is 2. The van der Waals surface area contributed by atoms with Gasteiger partial charge >= 0.3 is 0 Å². The van der Waals surface area contributed by atoms with Gasteiger partial charge < -0.3 is 9.42 Å². The molecular weight excluding hydrogens is 433 g/mol. The number of rotatable bonds is 9. The number of benzene rings is 1. The van der Waals surface area contributed by atoms with Crippen LogP contribution in [0.1, 0.15) is 56.0 Å². The van der Waals surface area contributed by atoms with Crippen molar-refractivity contribution in [2.75, 3.05) is 19.6 Å². The smallest absolute Gasteiger partial charge is 0.248 e. The number of unbranched alkanes of at least 4 members (excludes halogenated alkanes) is 2. The van der Waals surface area contributed by atoms with Crippen molar-refractivity contribution in [1.29, 1.82) is 0 Å². The van der Waals surface area contributed by atoms with Crippen LogP contribution in [0.15, 0.2) is 33.7 Å². The molecule has 2 aromatic rings. The quantitative estimate of drug-likeness (QED) is 0.522. The molecule has 1 aromatic heterocycles. The van der Waals surface area contributed by atoms with Crippen LogP contribution in [-0.2, 0) is 21.4 Å². The molecule has 0 aliphatic carbocycles. The highest BCUT2D eigenvalue weighted by Gasteiger charge is 2.36. The number of hydrogen-bond acceptors (Lipinski definition) is 5. The average Bonchev–Trinajstić information content (AvgIpc) is 3.13. The Morgan fingerprint density at radius 2 is 1.84 bits per heavy atom. The van der Waals surface area contributed by atoms with Gasteiger partial charge in [-0.1, -0.05) is 37.1 Å². The molecule has 176 valence electrons. The number of aromatic nitrogens is 1. The number of nitrogens with zero attached hydrogens (tertiary/aromatic N) is 3. The monoisotopic (exact) mass is 465 g/mol. The maximum absolute atomic E-state index is 13.3. The second kappa shape index (κ2) is 10.6. The van der Waals surface area contributed by atoms with E-state index < -0.39 is 10.0 Å². The standard InChI is InChI=1S/C23H32FN3O4S/c1-4-5-6-13-26(16-19-7-9-21(24)10-8-19)23(28)20-11-14-27(15-12-20)32(29,30)22-17(2)25-31-18(22)3/h7-10,20H,4-6,11-16H2,1-3H3. The Morgan fingerprint density at radius 1 is 1.19 bits per heavy atom. The van der Waals surface area contributed by atoms with Crippen molar-refractivity contribution in [2.45, 2.75) is 64.3 Å². The molecule has 1 aliphatic rings. The minimum Gasteiger partial charge on any atom is -0.360 e. The molecule has 0 spiro atoms. The molecule has 3 rings (SSSR count). The molecule has 1 aliphatic heterocycles. The number of carbonyl (C=O) groups excluding carboxylic acids is 1. The predicted octanol–water partition coefficient (Wildman–Crippen LogP) is 4.05. The van der Waals surface area contributed by atoms with Gasteiger partial charge in [0.05, 0.1) is 0 Å². The Balaban J connectivity index is 1.67. The van der Waals surface area contributed by atoms with Gasteiger partial charge in [-0.2, -0.15) is 4.31 Å². The van der Waals surface area contributed by atoms with Crippen molar-refractivity contribution >= 4 is 15.9 Å². The highest BCUT2D eigenvalue weighted by Crippen LogP contribution is 2.28. The second-order valence-corrected chi connectivity index (χ2v) is 10.3. The van der Waals surface area contributed by atoms with Crippen molar-refractivity contribution in [3.63, 3.8) is 0 Å². The molecule has 32 heavy (non-hydrogen) atoms. The molecule has 0 atom stereocenters. The van der Waals surface area contributed by atoms with E-state index in [4.69, 9.17) is 4.52 Å². The molecular formula is C23H32FN3O4S. The van der Waals surface area contributed by atoms with Gasteiger partial charge in [0.2, 0.25) is 15.9 Å². The molecule has 2 heterocycles. The molecule has 1 aromatic carbocycles. The first-order valence-electron chi connectivity index (χ1n) is 11.2. The summed E-state index contributed by atoms with van der Waals surface area (Å²) in [5, 5.41) is 3.76. The van der Waals surface area contributed by atoms with Crippen molar-refractivity contribution in [1.82, 2.24) is 14.4 Å². The normalized spacial score (nSPS) is 15.8. The van der Waals surface area contributed by atoms with Crippen LogP contribution in [0.2, 0.25) is 0 Å². The molecule has 0 unspecified atom stereocenters. The number of halogens is 1. The summed E-state index contributed by atoms with van der Waals surface area (Å²) in [4.78, 5) is 15.3.